The number of para-hydroxylation sites is 1. The van der Waals surface area contributed by atoms with E-state index in [1.165, 1.54) is 11.8 Å². The van der Waals surface area contributed by atoms with Crippen LogP contribution in [0.2, 0.25) is 0 Å². The zero-order valence-electron chi connectivity index (χ0n) is 13.8. The van der Waals surface area contributed by atoms with Crippen molar-refractivity contribution in [1.29, 1.82) is 0 Å². The monoisotopic (exact) mass is 318 g/mol. The average molecular weight is 318 g/mol. The molecule has 1 aromatic heterocycles. The van der Waals surface area contributed by atoms with Crippen molar-refractivity contribution in [2.75, 3.05) is 13.1 Å². The Morgan fingerprint density at radius 2 is 1.58 bits per heavy atom. The van der Waals surface area contributed by atoms with Gasteiger partial charge in [-0.1, -0.05) is 48.5 Å². The van der Waals surface area contributed by atoms with Gasteiger partial charge in [-0.2, -0.15) is 0 Å². The first-order valence-corrected chi connectivity index (χ1v) is 8.74. The topological polar surface area (TPSA) is 25.2 Å². The zero-order valence-corrected chi connectivity index (χ0v) is 13.8. The first-order chi connectivity index (χ1) is 11.8. The summed E-state index contributed by atoms with van der Waals surface area (Å²) in [5.74, 6) is 0.230. The lowest BCUT2D eigenvalue weighted by Crippen LogP contribution is -2.37. The highest BCUT2D eigenvalue weighted by Crippen LogP contribution is 2.28. The van der Waals surface area contributed by atoms with Gasteiger partial charge < -0.3 is 9.47 Å². The molecule has 4 rings (SSSR count). The zero-order chi connectivity index (χ0) is 16.4. The Morgan fingerprint density at radius 1 is 0.875 bits per heavy atom. The second-order valence-corrected chi connectivity index (χ2v) is 6.48. The molecule has 0 spiro atoms. The maximum atomic E-state index is 12.8. The smallest absolute Gasteiger partial charge is 0.242 e. The number of hydrogen-bond donors (Lipinski definition) is 0. The Morgan fingerprint density at radius 3 is 2.38 bits per heavy atom. The SMILES string of the molecule is O=C(Cn1c(-c2ccccc2)cc2ccccc21)N1CCCCC1. The van der Waals surface area contributed by atoms with E-state index in [9.17, 15) is 4.79 Å². The molecule has 1 saturated heterocycles. The van der Waals surface area contributed by atoms with Crippen LogP contribution in [0.4, 0.5) is 0 Å². The number of likely N-dealkylation sites (tertiary alicyclic amines) is 1. The molecule has 24 heavy (non-hydrogen) atoms. The highest BCUT2D eigenvalue weighted by atomic mass is 16.2. The standard InChI is InChI=1S/C21H22N2O/c24-21(22-13-7-2-8-14-22)16-23-19-12-6-5-11-18(19)15-20(23)17-9-3-1-4-10-17/h1,3-6,9-12,15H,2,7-8,13-14,16H2. The molecule has 1 aliphatic heterocycles. The Hall–Kier alpha value is -2.55. The summed E-state index contributed by atoms with van der Waals surface area (Å²) in [6, 6.07) is 20.8. The van der Waals surface area contributed by atoms with Crippen molar-refractivity contribution in [1.82, 2.24) is 9.47 Å². The van der Waals surface area contributed by atoms with Crippen molar-refractivity contribution < 1.29 is 4.79 Å². The molecule has 0 radical (unpaired) electrons. The van der Waals surface area contributed by atoms with Gasteiger partial charge in [-0.05, 0) is 37.0 Å². The number of aromatic nitrogens is 1. The quantitative estimate of drug-likeness (QED) is 0.706. The molecule has 0 saturated carbocycles. The second kappa shape index (κ2) is 6.52. The fraction of sp³-hybridized carbons (Fsp3) is 0.286. The summed E-state index contributed by atoms with van der Waals surface area (Å²) in [4.78, 5) is 14.8. The predicted molar refractivity (Wildman–Crippen MR) is 97.8 cm³/mol. The molecule has 1 aliphatic rings. The van der Waals surface area contributed by atoms with Gasteiger partial charge in [-0.25, -0.2) is 0 Å². The van der Waals surface area contributed by atoms with Gasteiger partial charge in [0.2, 0.25) is 5.91 Å². The summed E-state index contributed by atoms with van der Waals surface area (Å²) in [5, 5.41) is 1.18. The minimum Gasteiger partial charge on any atom is -0.341 e. The molecule has 0 atom stereocenters. The van der Waals surface area contributed by atoms with Crippen molar-refractivity contribution in [3.63, 3.8) is 0 Å². The third kappa shape index (κ3) is 2.82. The number of carbonyl (C=O) groups excluding carboxylic acids is 1. The Balaban J connectivity index is 1.74. The molecule has 2 heterocycles. The van der Waals surface area contributed by atoms with Crippen LogP contribution in [0.15, 0.2) is 60.7 Å². The van der Waals surface area contributed by atoms with Gasteiger partial charge in [0.05, 0.1) is 0 Å². The van der Waals surface area contributed by atoms with Gasteiger partial charge in [0.25, 0.3) is 0 Å². The molecule has 0 aliphatic carbocycles. The molecule has 3 aromatic rings. The van der Waals surface area contributed by atoms with Crippen LogP contribution < -0.4 is 0 Å². The molecule has 0 bridgehead atoms. The Kier molecular flexibility index (Phi) is 4.08. The third-order valence-corrected chi connectivity index (χ3v) is 4.88. The fourth-order valence-corrected chi connectivity index (χ4v) is 3.61. The molecule has 1 amide bonds. The van der Waals surface area contributed by atoms with Crippen molar-refractivity contribution >= 4 is 16.8 Å². The second-order valence-electron chi connectivity index (χ2n) is 6.48. The molecular weight excluding hydrogens is 296 g/mol. The number of fused-ring (bicyclic) bond motifs is 1. The van der Waals surface area contributed by atoms with E-state index < -0.39 is 0 Å². The summed E-state index contributed by atoms with van der Waals surface area (Å²) in [6.07, 6.45) is 3.50. The summed E-state index contributed by atoms with van der Waals surface area (Å²) < 4.78 is 2.17. The summed E-state index contributed by atoms with van der Waals surface area (Å²) in [6.45, 7) is 2.22. The van der Waals surface area contributed by atoms with Gasteiger partial charge >= 0.3 is 0 Å². The number of rotatable bonds is 3. The van der Waals surface area contributed by atoms with E-state index >= 15 is 0 Å². The number of amides is 1. The third-order valence-electron chi connectivity index (χ3n) is 4.88. The van der Waals surface area contributed by atoms with Crippen LogP contribution in [-0.2, 0) is 11.3 Å². The highest BCUT2D eigenvalue weighted by molar-refractivity contribution is 5.89. The lowest BCUT2D eigenvalue weighted by atomic mass is 10.1. The van der Waals surface area contributed by atoms with Crippen LogP contribution >= 0.6 is 0 Å². The molecule has 0 unspecified atom stereocenters. The summed E-state index contributed by atoms with van der Waals surface area (Å²) >= 11 is 0. The van der Waals surface area contributed by atoms with Gasteiger partial charge in [-0.3, -0.25) is 4.79 Å². The lowest BCUT2D eigenvalue weighted by molar-refractivity contribution is -0.132. The van der Waals surface area contributed by atoms with Crippen LogP contribution in [0.1, 0.15) is 19.3 Å². The largest absolute Gasteiger partial charge is 0.341 e. The number of benzene rings is 2. The fourth-order valence-electron chi connectivity index (χ4n) is 3.61. The number of nitrogens with zero attached hydrogens (tertiary/aromatic N) is 2. The normalized spacial score (nSPS) is 14.9. The van der Waals surface area contributed by atoms with E-state index in [0.29, 0.717) is 6.54 Å². The highest BCUT2D eigenvalue weighted by Gasteiger charge is 2.19. The first kappa shape index (κ1) is 15.0. The molecular formula is C21H22N2O. The van der Waals surface area contributed by atoms with E-state index in [1.807, 2.05) is 35.2 Å². The van der Waals surface area contributed by atoms with Crippen LogP contribution in [0.25, 0.3) is 22.2 Å². The first-order valence-electron chi connectivity index (χ1n) is 8.74. The number of hydrogen-bond acceptors (Lipinski definition) is 1. The van der Waals surface area contributed by atoms with Gasteiger partial charge in [0, 0.05) is 29.7 Å². The van der Waals surface area contributed by atoms with Crippen LogP contribution in [0, 0.1) is 0 Å². The van der Waals surface area contributed by atoms with Crippen LogP contribution in [-0.4, -0.2) is 28.5 Å². The van der Waals surface area contributed by atoms with Crippen molar-refractivity contribution in [3.05, 3.63) is 60.7 Å². The molecule has 3 nitrogen and oxygen atoms in total. The van der Waals surface area contributed by atoms with Crippen LogP contribution in [0.5, 0.6) is 0 Å². The maximum absolute atomic E-state index is 12.8. The van der Waals surface area contributed by atoms with E-state index in [2.05, 4.69) is 34.9 Å². The Labute approximate surface area is 142 Å². The van der Waals surface area contributed by atoms with Gasteiger partial charge in [0.1, 0.15) is 6.54 Å². The molecule has 0 N–H and O–H groups in total. The van der Waals surface area contributed by atoms with E-state index in [-0.39, 0.29) is 5.91 Å². The van der Waals surface area contributed by atoms with Crippen molar-refractivity contribution in [2.45, 2.75) is 25.8 Å². The summed E-state index contributed by atoms with van der Waals surface area (Å²) in [5.41, 5.74) is 3.39. The molecule has 1 fully saturated rings. The summed E-state index contributed by atoms with van der Waals surface area (Å²) in [7, 11) is 0. The number of piperidine rings is 1. The predicted octanol–water partition coefficient (Wildman–Crippen LogP) is 4.32. The molecule has 2 aromatic carbocycles. The number of carbonyl (C=O) groups is 1. The van der Waals surface area contributed by atoms with E-state index in [0.717, 1.165) is 42.7 Å². The average Bonchev–Trinajstić information content (AvgIpc) is 3.02. The Bertz CT molecular complexity index is 845. The molecule has 3 heteroatoms. The van der Waals surface area contributed by atoms with Crippen molar-refractivity contribution in [2.24, 2.45) is 0 Å². The van der Waals surface area contributed by atoms with E-state index in [1.54, 1.807) is 0 Å². The lowest BCUT2D eigenvalue weighted by Gasteiger charge is -2.27. The maximum Gasteiger partial charge on any atom is 0.242 e. The van der Waals surface area contributed by atoms with Gasteiger partial charge in [0.15, 0.2) is 0 Å². The minimum atomic E-state index is 0.230. The van der Waals surface area contributed by atoms with Gasteiger partial charge in [-0.15, -0.1) is 0 Å². The van der Waals surface area contributed by atoms with E-state index in [4.69, 9.17) is 0 Å². The minimum absolute atomic E-state index is 0.230. The molecule has 122 valence electrons. The van der Waals surface area contributed by atoms with Crippen LogP contribution in [0.3, 0.4) is 0 Å². The van der Waals surface area contributed by atoms with Crippen molar-refractivity contribution in [3.8, 4) is 11.3 Å².